The van der Waals surface area contributed by atoms with Gasteiger partial charge >= 0.3 is 0 Å². The van der Waals surface area contributed by atoms with Crippen molar-refractivity contribution in [3.63, 3.8) is 0 Å². The molecule has 10 aromatic rings. The van der Waals surface area contributed by atoms with E-state index in [1.165, 1.54) is 24.8 Å². The van der Waals surface area contributed by atoms with Crippen molar-refractivity contribution in [2.45, 2.75) is 415 Å². The Morgan fingerprint density at radius 1 is 0.245 bits per heavy atom. The average Bonchev–Trinajstić information content (AvgIpc) is 1.35. The molecule has 0 amide bonds. The molecule has 2 aromatic heterocycles. The molecule has 0 radical (unpaired) electrons. The number of phenolic OH excluding ortho intramolecular Hbond substituents is 6. The third-order valence-corrected chi connectivity index (χ3v) is 17.0. The van der Waals surface area contributed by atoms with Crippen molar-refractivity contribution >= 4 is 69.4 Å². The Hall–Kier alpha value is -10.1. The Balaban J connectivity index is -0.0000000397. The molecule has 0 aliphatic heterocycles. The molecule has 22 heteroatoms. The maximum Gasteiger partial charge on any atom is 0.219 e. The fraction of sp³-hybridized carbons (Fsp3) is 0.472. The van der Waals surface area contributed by atoms with Crippen LogP contribution in [0.5, 0.6) is 46.3 Å². The first kappa shape index (κ1) is 221. The summed E-state index contributed by atoms with van der Waals surface area (Å²) in [6.45, 7) is 55.5. The van der Waals surface area contributed by atoms with Gasteiger partial charge in [-0.1, -0.05) is 400 Å². The molecule has 2 heterocycles. The standard InChI is InChI=1S/C22H20N2O2.C22H28N2O2.C21H24N2O2.C18H14N4O2.9C2H6.24CH4.4Fe/c1-15(17-9-3-7-13-21(17)25)23-19-11-5-6-12-20(19)24-16(2)18-10-4-8-14-22(18)26;1-15(17-11-7-9-13-19(17)25)23-21(3,4)22(5,6)24-16(2)18-12-8-10-14-20(18)26;1-14(16-8-3-5-12-20(16)24)22-18-10-7-11-19(18)23-15(2)17-9-4-6-13-21(17)25;23-17-13(5-3-9-19-17)11-21-15-7-1-2-8-16(15)22-12-14-6-4-10-20-18(14)24;9*1-2;;;;;;;;;;;;;;;;;;;;;;;;;;;;/h3-14,25-26H,1-2H3;7-14,25-26H,1-6H3;3-6,8-9,12-13,18-19,24-25H,7,10-11H2,1-2H3;1-12H,(H,19,23)(H,20,24);9*1-2H3;24*1H4;;;;. The fourth-order valence-corrected chi connectivity index (χ4v) is 10.9. The molecule has 0 saturated heterocycles. The number of para-hydroxylation sites is 10. The molecule has 1 aliphatic rings. The van der Waals surface area contributed by atoms with E-state index in [9.17, 15) is 40.9 Å². The topological polar surface area (TPSA) is 287 Å². The number of nitrogens with zero attached hydrogens (tertiary/aromatic N) is 10. The second-order valence-corrected chi connectivity index (χ2v) is 24.8. The number of hydrogen-bond acceptors (Lipinski definition) is 18. The predicted molar refractivity (Wildman–Crippen MR) is 674 cm³/mol. The average molecular weight is 2230 g/mol. The first-order chi connectivity index (χ1) is 57.4. The number of benzene rings is 8. The van der Waals surface area contributed by atoms with E-state index in [2.05, 4.69) is 29.9 Å². The van der Waals surface area contributed by atoms with Gasteiger partial charge in [-0.15, -0.1) is 0 Å². The van der Waals surface area contributed by atoms with Crippen LogP contribution in [0, 0.1) is 0 Å². The van der Waals surface area contributed by atoms with Crippen LogP contribution in [0.25, 0.3) is 0 Å². The number of aliphatic imine (C=N–C) groups is 8. The van der Waals surface area contributed by atoms with Gasteiger partial charge in [0.15, 0.2) is 0 Å². The number of rotatable bonds is 17. The summed E-state index contributed by atoms with van der Waals surface area (Å²) in [7, 11) is 0. The van der Waals surface area contributed by atoms with Gasteiger partial charge < -0.3 is 40.9 Å². The van der Waals surface area contributed by atoms with Crippen molar-refractivity contribution in [3.05, 3.63) is 275 Å². The van der Waals surface area contributed by atoms with Crippen LogP contribution in [0.2, 0.25) is 0 Å². The van der Waals surface area contributed by atoms with Crippen LogP contribution >= 0.6 is 0 Å². The second kappa shape index (κ2) is 128. The van der Waals surface area contributed by atoms with Crippen molar-refractivity contribution in [1.82, 2.24) is 9.97 Å². The number of phenols is 6. The molecule has 8 aromatic carbocycles. The molecule has 0 bridgehead atoms. The molecule has 866 valence electrons. The van der Waals surface area contributed by atoms with E-state index < -0.39 is 11.1 Å². The van der Waals surface area contributed by atoms with Gasteiger partial charge in [0, 0.05) is 161 Å². The van der Waals surface area contributed by atoms with Crippen LogP contribution in [0.4, 0.5) is 22.7 Å². The minimum absolute atomic E-state index is 0. The molecule has 0 spiro atoms. The van der Waals surface area contributed by atoms with Gasteiger partial charge in [-0.25, -0.2) is 9.97 Å². The normalized spacial score (nSPS) is 10.5. The summed E-state index contributed by atoms with van der Waals surface area (Å²) in [4.78, 5) is 45.0. The van der Waals surface area contributed by atoms with E-state index in [0.29, 0.717) is 56.4 Å². The Kier molecular flexibility index (Phi) is 193. The van der Waals surface area contributed by atoms with E-state index in [1.807, 2.05) is 315 Å². The molecule has 147 heavy (non-hydrogen) atoms. The maximum absolute atomic E-state index is 10.1. The number of pyridine rings is 2. The van der Waals surface area contributed by atoms with E-state index in [0.717, 1.165) is 64.4 Å². The number of hydrogen-bond donors (Lipinski definition) is 8. The van der Waals surface area contributed by atoms with E-state index in [4.69, 9.17) is 20.0 Å². The Bertz CT molecular complexity index is 4480. The Morgan fingerprint density at radius 2 is 0.422 bits per heavy atom. The van der Waals surface area contributed by atoms with Gasteiger partial charge in [0.25, 0.3) is 0 Å². The molecule has 11 rings (SSSR count). The quantitative estimate of drug-likeness (QED) is 0.0315. The molecule has 2 atom stereocenters. The fourth-order valence-electron chi connectivity index (χ4n) is 10.9. The van der Waals surface area contributed by atoms with Crippen molar-refractivity contribution in [2.75, 3.05) is 0 Å². The van der Waals surface area contributed by atoms with Crippen molar-refractivity contribution in [1.29, 1.82) is 0 Å². The summed E-state index contributed by atoms with van der Waals surface area (Å²) in [5, 5.41) is 79.5. The molecule has 18 nitrogen and oxygen atoms in total. The van der Waals surface area contributed by atoms with Crippen molar-refractivity contribution < 1.29 is 109 Å². The van der Waals surface area contributed by atoms with Gasteiger partial charge in [0.05, 0.1) is 57.0 Å². The molecule has 8 N–H and O–H groups in total. The van der Waals surface area contributed by atoms with Crippen LogP contribution in [0.1, 0.15) is 436 Å². The van der Waals surface area contributed by atoms with E-state index >= 15 is 0 Å². The zero-order chi connectivity index (χ0) is 90.6. The van der Waals surface area contributed by atoms with Crippen molar-refractivity contribution in [3.8, 4) is 46.3 Å². The molecule has 1 fully saturated rings. The van der Waals surface area contributed by atoms with Gasteiger partial charge in [0.1, 0.15) is 34.5 Å². The van der Waals surface area contributed by atoms with Gasteiger partial charge in [-0.05, 0) is 210 Å². The Morgan fingerprint density at radius 3 is 0.619 bits per heavy atom. The summed E-state index contributed by atoms with van der Waals surface area (Å²) in [6, 6.07) is 65.1. The van der Waals surface area contributed by atoms with E-state index in [-0.39, 0.29) is 305 Å². The summed E-state index contributed by atoms with van der Waals surface area (Å²) < 4.78 is 0. The van der Waals surface area contributed by atoms with Gasteiger partial charge in [0.2, 0.25) is 11.8 Å². The zero-order valence-electron chi connectivity index (χ0n) is 77.8. The minimum atomic E-state index is -0.523. The molecule has 1 aliphatic carbocycles. The van der Waals surface area contributed by atoms with Gasteiger partial charge in [-0.2, -0.15) is 0 Å². The summed E-state index contributed by atoms with van der Waals surface area (Å²) in [5.74, 6) is 1.18. The number of aromatic hydroxyl groups is 8. The third kappa shape index (κ3) is 76.1. The van der Waals surface area contributed by atoms with E-state index in [1.54, 1.807) is 97.1 Å². The van der Waals surface area contributed by atoms with Gasteiger partial charge in [-0.3, -0.25) is 39.9 Å². The smallest absolute Gasteiger partial charge is 0.219 e. The molecule has 1 saturated carbocycles. The summed E-state index contributed by atoms with van der Waals surface area (Å²) in [5.41, 5.74) is 11.6. The third-order valence-electron chi connectivity index (χ3n) is 17.0. The minimum Gasteiger partial charge on any atom is -0.507 e. The molecule has 2 unspecified atom stereocenters. The van der Waals surface area contributed by atoms with Crippen molar-refractivity contribution in [2.24, 2.45) is 39.9 Å². The molecular weight excluding hydrogens is 1990 g/mol. The SMILES string of the molecule is C.C.C.C.C.C.C.C.C.C.C.C.C.C.C.C.C.C.C.C.C.C.C.C.CC.CC.CC.CC.CC.CC.CC.CC.CC.CC(=NC(C)(C)C(C)(C)N=C(C)c1ccccc1O)c1ccccc1O.CC(=NC1CCCC1N=C(C)c1ccccc1O)c1ccccc1O.CC(=Nc1ccccc1N=C(C)c1ccccc1O)c1ccccc1O.Oc1ncccc1C=Nc1ccccc1N=Cc1cccnc1O.[Fe].[Fe].[Fe].[Fe]. The summed E-state index contributed by atoms with van der Waals surface area (Å²) in [6.07, 6.45) is 9.14. The van der Waals surface area contributed by atoms with Crippen LogP contribution in [-0.2, 0) is 68.3 Å². The monoisotopic (exact) mass is 2230 g/mol. The Labute approximate surface area is 957 Å². The van der Waals surface area contributed by atoms with Crippen LogP contribution in [0.3, 0.4) is 0 Å². The second-order valence-electron chi connectivity index (χ2n) is 24.8. The number of aromatic nitrogens is 2. The zero-order valence-corrected chi connectivity index (χ0v) is 82.3. The summed E-state index contributed by atoms with van der Waals surface area (Å²) >= 11 is 0. The molecular formula is C125H236Fe4N10O8. The first-order valence-corrected chi connectivity index (χ1v) is 42.0. The van der Waals surface area contributed by atoms with Crippen LogP contribution in [-0.4, -0.2) is 121 Å². The van der Waals surface area contributed by atoms with Crippen LogP contribution < -0.4 is 0 Å². The first-order valence-electron chi connectivity index (χ1n) is 42.0. The predicted octanol–water partition coefficient (Wildman–Crippen LogP) is 42.6. The maximum atomic E-state index is 10.1. The van der Waals surface area contributed by atoms with Crippen LogP contribution in [0.15, 0.2) is 271 Å². The largest absolute Gasteiger partial charge is 0.507 e.